The van der Waals surface area contributed by atoms with Gasteiger partial charge in [-0.15, -0.1) is 0 Å². The Balaban J connectivity index is 1.49. The number of urea groups is 1. The number of nitrogens with zero attached hydrogens (tertiary/aromatic N) is 2. The highest BCUT2D eigenvalue weighted by molar-refractivity contribution is 6.02. The molecule has 158 valence electrons. The Labute approximate surface area is 170 Å². The largest absolute Gasteiger partial charge is 0.486 e. The molecule has 1 aromatic carbocycles. The minimum Gasteiger partial charge on any atom is -0.486 e. The highest BCUT2D eigenvalue weighted by Gasteiger charge is 2.16. The molecule has 3 amide bonds. The molecule has 2 heterocycles. The fraction of sp³-hybridized carbons (Fsp3) is 0.316. The van der Waals surface area contributed by atoms with E-state index in [0.717, 1.165) is 4.68 Å². The van der Waals surface area contributed by atoms with E-state index in [4.69, 9.17) is 14.2 Å². The average Bonchev–Trinajstić information content (AvgIpc) is 2.73. The van der Waals surface area contributed by atoms with Gasteiger partial charge in [-0.2, -0.15) is 5.10 Å². The first-order valence-corrected chi connectivity index (χ1v) is 9.22. The van der Waals surface area contributed by atoms with Gasteiger partial charge in [0.05, 0.1) is 0 Å². The second-order valence-electron chi connectivity index (χ2n) is 6.22. The summed E-state index contributed by atoms with van der Waals surface area (Å²) in [5.41, 5.74) is -0.0672. The number of hydrogen-bond acceptors (Lipinski definition) is 8. The average molecular weight is 416 g/mol. The molecule has 0 fully saturated rings. The van der Waals surface area contributed by atoms with Crippen LogP contribution in [-0.4, -0.2) is 47.5 Å². The van der Waals surface area contributed by atoms with Crippen LogP contribution in [0.3, 0.4) is 0 Å². The predicted octanol–water partition coefficient (Wildman–Crippen LogP) is 0.930. The molecule has 1 aliphatic heterocycles. The number of carbonyl (C=O) groups excluding carboxylic acids is 3. The van der Waals surface area contributed by atoms with Gasteiger partial charge in [-0.1, -0.05) is 6.92 Å². The van der Waals surface area contributed by atoms with E-state index in [9.17, 15) is 19.2 Å². The van der Waals surface area contributed by atoms with Crippen molar-refractivity contribution >= 4 is 23.6 Å². The summed E-state index contributed by atoms with van der Waals surface area (Å²) in [5, 5.41) is 8.40. The summed E-state index contributed by atoms with van der Waals surface area (Å²) >= 11 is 0. The number of rotatable bonds is 6. The van der Waals surface area contributed by atoms with Crippen molar-refractivity contribution in [1.82, 2.24) is 15.1 Å². The molecule has 0 saturated carbocycles. The summed E-state index contributed by atoms with van der Waals surface area (Å²) in [6.07, 6.45) is 0.659. The quantitative estimate of drug-likeness (QED) is 0.664. The molecule has 11 heteroatoms. The summed E-state index contributed by atoms with van der Waals surface area (Å²) < 4.78 is 16.8. The lowest BCUT2D eigenvalue weighted by Crippen LogP contribution is -2.37. The Bertz CT molecular complexity index is 1020. The van der Waals surface area contributed by atoms with E-state index in [0.29, 0.717) is 43.4 Å². The number of hydrogen-bond donors (Lipinski definition) is 2. The van der Waals surface area contributed by atoms with E-state index in [1.165, 1.54) is 12.1 Å². The lowest BCUT2D eigenvalue weighted by Gasteiger charge is -2.19. The van der Waals surface area contributed by atoms with Crippen molar-refractivity contribution in [3.63, 3.8) is 0 Å². The molecular formula is C19H20N4O7. The van der Waals surface area contributed by atoms with Crippen molar-refractivity contribution in [1.29, 1.82) is 0 Å². The molecule has 0 bridgehead atoms. The number of benzene rings is 1. The molecule has 30 heavy (non-hydrogen) atoms. The lowest BCUT2D eigenvalue weighted by atomic mass is 10.2. The van der Waals surface area contributed by atoms with Crippen LogP contribution < -0.4 is 25.7 Å². The van der Waals surface area contributed by atoms with E-state index < -0.39 is 24.5 Å². The van der Waals surface area contributed by atoms with Crippen molar-refractivity contribution < 1.29 is 28.6 Å². The molecule has 1 aliphatic rings. The molecule has 2 aromatic rings. The second kappa shape index (κ2) is 9.54. The Kier molecular flexibility index (Phi) is 6.63. The molecule has 0 unspecified atom stereocenters. The van der Waals surface area contributed by atoms with Crippen LogP contribution in [-0.2, 0) is 16.1 Å². The van der Waals surface area contributed by atoms with Gasteiger partial charge in [0.1, 0.15) is 13.2 Å². The molecule has 2 N–H and O–H groups in total. The van der Waals surface area contributed by atoms with E-state index in [2.05, 4.69) is 10.4 Å². The van der Waals surface area contributed by atoms with Crippen LogP contribution in [0.2, 0.25) is 0 Å². The number of nitrogens with one attached hydrogen (secondary N) is 2. The van der Waals surface area contributed by atoms with E-state index in [-0.39, 0.29) is 11.3 Å². The molecule has 0 saturated heterocycles. The summed E-state index contributed by atoms with van der Waals surface area (Å²) in [7, 11) is 0. The highest BCUT2D eigenvalue weighted by Crippen LogP contribution is 2.32. The summed E-state index contributed by atoms with van der Waals surface area (Å²) in [6.45, 7) is 2.36. The van der Waals surface area contributed by atoms with Crippen molar-refractivity contribution in [2.75, 3.05) is 25.1 Å². The van der Waals surface area contributed by atoms with Gasteiger partial charge in [0.15, 0.2) is 23.8 Å². The Hall–Kier alpha value is -3.89. The van der Waals surface area contributed by atoms with Crippen LogP contribution in [0.4, 0.5) is 10.5 Å². The Morgan fingerprint density at radius 1 is 1.13 bits per heavy atom. The number of fused-ring (bicyclic) bond motifs is 1. The number of anilines is 1. The number of carbonyl (C=O) groups is 3. The summed E-state index contributed by atoms with van der Waals surface area (Å²) in [6, 6.07) is 6.40. The topological polar surface area (TPSA) is 138 Å². The zero-order chi connectivity index (χ0) is 21.5. The van der Waals surface area contributed by atoms with Crippen molar-refractivity contribution in [2.24, 2.45) is 0 Å². The van der Waals surface area contributed by atoms with Crippen LogP contribution in [0.5, 0.6) is 11.5 Å². The van der Waals surface area contributed by atoms with Gasteiger partial charge in [-0.25, -0.2) is 14.3 Å². The second-order valence-corrected chi connectivity index (χ2v) is 6.22. The minimum absolute atomic E-state index is 0.114. The van der Waals surface area contributed by atoms with Gasteiger partial charge in [-0.05, 0) is 24.6 Å². The maximum absolute atomic E-state index is 12.0. The van der Waals surface area contributed by atoms with Crippen LogP contribution in [0.1, 0.15) is 23.8 Å². The van der Waals surface area contributed by atoms with Crippen LogP contribution in [0, 0.1) is 0 Å². The SMILES string of the molecule is CCCn1nc(C(=O)OCC(=O)NC(=O)Nc2ccc3c(c2)OCCO3)ccc1=O. The van der Waals surface area contributed by atoms with Crippen molar-refractivity contribution in [3.8, 4) is 11.5 Å². The third kappa shape index (κ3) is 5.34. The molecule has 1 aromatic heterocycles. The maximum atomic E-state index is 12.0. The molecule has 11 nitrogen and oxygen atoms in total. The number of imide groups is 1. The molecule has 0 radical (unpaired) electrons. The predicted molar refractivity (Wildman–Crippen MR) is 104 cm³/mol. The van der Waals surface area contributed by atoms with Gasteiger partial charge in [0, 0.05) is 24.4 Å². The van der Waals surface area contributed by atoms with E-state index in [1.807, 2.05) is 12.2 Å². The number of aromatic nitrogens is 2. The van der Waals surface area contributed by atoms with Gasteiger partial charge in [0.25, 0.3) is 11.5 Å². The smallest absolute Gasteiger partial charge is 0.359 e. The Morgan fingerprint density at radius 3 is 2.67 bits per heavy atom. The maximum Gasteiger partial charge on any atom is 0.359 e. The number of amides is 3. The number of esters is 1. The molecule has 3 rings (SSSR count). The molecular weight excluding hydrogens is 396 g/mol. The van der Waals surface area contributed by atoms with Gasteiger partial charge >= 0.3 is 12.0 Å². The minimum atomic E-state index is -0.887. The highest BCUT2D eigenvalue weighted by atomic mass is 16.6. The van der Waals surface area contributed by atoms with Gasteiger partial charge in [-0.3, -0.25) is 14.9 Å². The van der Waals surface area contributed by atoms with E-state index in [1.54, 1.807) is 18.2 Å². The first-order valence-electron chi connectivity index (χ1n) is 9.22. The molecule has 0 aliphatic carbocycles. The first kappa shape index (κ1) is 20.8. The van der Waals surface area contributed by atoms with Crippen molar-refractivity contribution in [3.05, 3.63) is 46.4 Å². The normalized spacial score (nSPS) is 12.0. The van der Waals surface area contributed by atoms with Gasteiger partial charge in [0.2, 0.25) is 0 Å². The zero-order valence-electron chi connectivity index (χ0n) is 16.2. The third-order valence-electron chi connectivity index (χ3n) is 3.90. The Morgan fingerprint density at radius 2 is 1.90 bits per heavy atom. The first-order chi connectivity index (χ1) is 14.5. The fourth-order valence-electron chi connectivity index (χ4n) is 2.58. The number of aryl methyl sites for hydroxylation is 1. The lowest BCUT2D eigenvalue weighted by molar-refractivity contribution is -0.123. The zero-order valence-corrected chi connectivity index (χ0v) is 16.2. The summed E-state index contributed by atoms with van der Waals surface area (Å²) in [5.74, 6) is -0.673. The monoisotopic (exact) mass is 416 g/mol. The van der Waals surface area contributed by atoms with Crippen LogP contribution in [0.15, 0.2) is 35.1 Å². The molecule has 0 atom stereocenters. The number of ether oxygens (including phenoxy) is 3. The van der Waals surface area contributed by atoms with Crippen LogP contribution >= 0.6 is 0 Å². The van der Waals surface area contributed by atoms with Crippen LogP contribution in [0.25, 0.3) is 0 Å². The van der Waals surface area contributed by atoms with Crippen molar-refractivity contribution in [2.45, 2.75) is 19.9 Å². The van der Waals surface area contributed by atoms with Gasteiger partial charge < -0.3 is 19.5 Å². The summed E-state index contributed by atoms with van der Waals surface area (Å²) in [4.78, 5) is 47.5. The fourth-order valence-corrected chi connectivity index (χ4v) is 2.58. The molecule has 0 spiro atoms. The van der Waals surface area contributed by atoms with E-state index >= 15 is 0 Å². The third-order valence-corrected chi connectivity index (χ3v) is 3.90. The standard InChI is InChI=1S/C19H20N4O7/c1-2-7-23-17(25)6-4-13(22-23)18(26)30-11-16(24)21-19(27)20-12-3-5-14-15(10-12)29-9-8-28-14/h3-6,10H,2,7-9,11H2,1H3,(H2,20,21,24,27).